The van der Waals surface area contributed by atoms with Crippen LogP contribution in [0, 0.1) is 6.92 Å². The lowest BCUT2D eigenvalue weighted by atomic mass is 10.2. The van der Waals surface area contributed by atoms with Gasteiger partial charge in [0, 0.05) is 6.54 Å². The molecule has 0 spiro atoms. The Bertz CT molecular complexity index is 998. The molecule has 0 bridgehead atoms. The van der Waals surface area contributed by atoms with Crippen LogP contribution in [0.15, 0.2) is 22.4 Å². The molecule has 0 aliphatic carbocycles. The molecule has 1 aliphatic rings. The molecule has 3 heterocycles. The molecule has 1 amide bonds. The normalized spacial score (nSPS) is 17.6. The Morgan fingerprint density at radius 3 is 2.75 bits per heavy atom. The zero-order chi connectivity index (χ0) is 20.5. The number of hydrogen-bond acceptors (Lipinski definition) is 7. The van der Waals surface area contributed by atoms with E-state index in [1.165, 1.54) is 16.4 Å². The maximum absolute atomic E-state index is 12.9. The van der Waals surface area contributed by atoms with Gasteiger partial charge in [-0.2, -0.15) is 4.31 Å². The maximum Gasteiger partial charge on any atom is 0.348 e. The highest BCUT2D eigenvalue weighted by Gasteiger charge is 2.40. The summed E-state index contributed by atoms with van der Waals surface area (Å²) < 4.78 is 32.5. The first-order valence-corrected chi connectivity index (χ1v) is 12.0. The molecule has 0 saturated carbocycles. The fourth-order valence-corrected chi connectivity index (χ4v) is 7.23. The Hall–Kier alpha value is -1.46. The summed E-state index contributed by atoms with van der Waals surface area (Å²) in [5, 5.41) is 3.22. The molecule has 1 unspecified atom stereocenters. The van der Waals surface area contributed by atoms with Gasteiger partial charge in [-0.1, -0.05) is 11.6 Å². The molecule has 3 rings (SSSR count). The number of amides is 1. The van der Waals surface area contributed by atoms with Gasteiger partial charge in [-0.15, -0.1) is 22.7 Å². The third-order valence-corrected chi connectivity index (χ3v) is 8.98. The van der Waals surface area contributed by atoms with Crippen LogP contribution in [0.1, 0.15) is 35.0 Å². The first-order chi connectivity index (χ1) is 13.2. The Morgan fingerprint density at radius 2 is 2.11 bits per heavy atom. The van der Waals surface area contributed by atoms with Crippen molar-refractivity contribution >= 4 is 61.2 Å². The summed E-state index contributed by atoms with van der Waals surface area (Å²) in [7, 11) is -3.79. The SMILES string of the molecule is CCOC(=O)c1sc(NC(=O)C2CCCN2S(=O)(=O)c2ccc(Cl)s2)cc1C. The number of thiophene rings is 2. The lowest BCUT2D eigenvalue weighted by Crippen LogP contribution is -2.42. The molecule has 28 heavy (non-hydrogen) atoms. The molecule has 1 aliphatic heterocycles. The maximum atomic E-state index is 12.9. The quantitative estimate of drug-likeness (QED) is 0.660. The van der Waals surface area contributed by atoms with Gasteiger partial charge in [-0.3, -0.25) is 4.79 Å². The molecule has 1 saturated heterocycles. The predicted molar refractivity (Wildman–Crippen MR) is 110 cm³/mol. The Labute approximate surface area is 176 Å². The highest BCUT2D eigenvalue weighted by Crippen LogP contribution is 2.33. The summed E-state index contributed by atoms with van der Waals surface area (Å²) in [4.78, 5) is 25.1. The molecule has 11 heteroatoms. The number of ether oxygens (including phenoxy) is 1. The fraction of sp³-hybridized carbons (Fsp3) is 0.412. The van der Waals surface area contributed by atoms with Crippen LogP contribution < -0.4 is 5.32 Å². The topological polar surface area (TPSA) is 92.8 Å². The molecule has 1 atom stereocenters. The van der Waals surface area contributed by atoms with E-state index in [0.717, 1.165) is 22.7 Å². The molecule has 2 aromatic rings. The van der Waals surface area contributed by atoms with E-state index >= 15 is 0 Å². The average molecular weight is 463 g/mol. The van der Waals surface area contributed by atoms with Crippen molar-refractivity contribution in [1.82, 2.24) is 4.31 Å². The second kappa shape index (κ2) is 8.50. The Balaban J connectivity index is 1.77. The number of carbonyl (C=O) groups excluding carboxylic acids is 2. The highest BCUT2D eigenvalue weighted by molar-refractivity contribution is 7.91. The second-order valence-electron chi connectivity index (χ2n) is 6.16. The van der Waals surface area contributed by atoms with E-state index in [4.69, 9.17) is 16.3 Å². The molecule has 152 valence electrons. The van der Waals surface area contributed by atoms with Crippen molar-refractivity contribution in [2.75, 3.05) is 18.5 Å². The lowest BCUT2D eigenvalue weighted by molar-refractivity contribution is -0.119. The second-order valence-corrected chi connectivity index (χ2v) is 11.0. The predicted octanol–water partition coefficient (Wildman–Crippen LogP) is 3.74. The molecular formula is C17H19ClN2O5S3. The van der Waals surface area contributed by atoms with Crippen molar-refractivity contribution < 1.29 is 22.7 Å². The molecule has 0 aromatic carbocycles. The van der Waals surface area contributed by atoms with Crippen molar-refractivity contribution in [2.45, 2.75) is 36.9 Å². The van der Waals surface area contributed by atoms with Crippen LogP contribution in [0.4, 0.5) is 5.00 Å². The van der Waals surface area contributed by atoms with Crippen LogP contribution >= 0.6 is 34.3 Å². The van der Waals surface area contributed by atoms with Gasteiger partial charge in [0.05, 0.1) is 15.9 Å². The third kappa shape index (κ3) is 4.25. The summed E-state index contributed by atoms with van der Waals surface area (Å²) >= 11 is 7.94. The molecule has 2 aromatic heterocycles. The highest BCUT2D eigenvalue weighted by atomic mass is 35.5. The average Bonchev–Trinajstić information content (AvgIpc) is 3.34. The molecule has 0 radical (unpaired) electrons. The van der Waals surface area contributed by atoms with Gasteiger partial charge in [0.1, 0.15) is 15.1 Å². The summed E-state index contributed by atoms with van der Waals surface area (Å²) in [5.74, 6) is -0.856. The zero-order valence-electron chi connectivity index (χ0n) is 15.2. The van der Waals surface area contributed by atoms with E-state index < -0.39 is 27.9 Å². The summed E-state index contributed by atoms with van der Waals surface area (Å²) in [6, 6.07) is 3.85. The van der Waals surface area contributed by atoms with E-state index in [1.54, 1.807) is 19.9 Å². The first kappa shape index (κ1) is 21.3. The van der Waals surface area contributed by atoms with Crippen molar-refractivity contribution in [1.29, 1.82) is 0 Å². The number of hydrogen-bond donors (Lipinski definition) is 1. The lowest BCUT2D eigenvalue weighted by Gasteiger charge is -2.22. The molecular weight excluding hydrogens is 444 g/mol. The van der Waals surface area contributed by atoms with Crippen LogP contribution in [0.2, 0.25) is 4.34 Å². The summed E-state index contributed by atoms with van der Waals surface area (Å²) in [6.07, 6.45) is 1.02. The number of carbonyl (C=O) groups is 2. The van der Waals surface area contributed by atoms with Crippen molar-refractivity contribution in [3.8, 4) is 0 Å². The standard InChI is InChI=1S/C17H19ClN2O5S3/c1-3-25-17(22)15-10(2)9-13(27-15)19-16(21)11-5-4-8-20(11)28(23,24)14-7-6-12(18)26-14/h6-7,9,11H,3-5,8H2,1-2H3,(H,19,21). The van der Waals surface area contributed by atoms with Gasteiger partial charge in [0.2, 0.25) is 5.91 Å². The number of anilines is 1. The number of aryl methyl sites for hydroxylation is 1. The van der Waals surface area contributed by atoms with Gasteiger partial charge < -0.3 is 10.1 Å². The monoisotopic (exact) mass is 462 g/mol. The number of halogens is 1. The van der Waals surface area contributed by atoms with Gasteiger partial charge in [0.15, 0.2) is 0 Å². The Morgan fingerprint density at radius 1 is 1.36 bits per heavy atom. The fourth-order valence-electron chi connectivity index (χ4n) is 2.99. The smallest absolute Gasteiger partial charge is 0.348 e. The number of esters is 1. The largest absolute Gasteiger partial charge is 0.462 e. The number of sulfonamides is 1. The minimum Gasteiger partial charge on any atom is -0.462 e. The van der Waals surface area contributed by atoms with Gasteiger partial charge in [-0.25, -0.2) is 13.2 Å². The zero-order valence-corrected chi connectivity index (χ0v) is 18.4. The van der Waals surface area contributed by atoms with Gasteiger partial charge >= 0.3 is 5.97 Å². The molecule has 1 N–H and O–H groups in total. The number of rotatable bonds is 6. The Kier molecular flexibility index (Phi) is 6.45. The molecule has 7 nitrogen and oxygen atoms in total. The van der Waals surface area contributed by atoms with E-state index in [9.17, 15) is 18.0 Å². The van der Waals surface area contributed by atoms with Crippen LogP contribution in [0.5, 0.6) is 0 Å². The number of nitrogens with zero attached hydrogens (tertiary/aromatic N) is 1. The van der Waals surface area contributed by atoms with Crippen molar-refractivity contribution in [3.63, 3.8) is 0 Å². The minimum absolute atomic E-state index is 0.119. The van der Waals surface area contributed by atoms with Crippen LogP contribution in [-0.2, 0) is 19.6 Å². The van der Waals surface area contributed by atoms with Crippen LogP contribution in [0.3, 0.4) is 0 Å². The van der Waals surface area contributed by atoms with Crippen molar-refractivity contribution in [3.05, 3.63) is 33.0 Å². The first-order valence-electron chi connectivity index (χ1n) is 8.59. The van der Waals surface area contributed by atoms with Crippen LogP contribution in [0.25, 0.3) is 0 Å². The van der Waals surface area contributed by atoms with Gasteiger partial charge in [0.25, 0.3) is 10.0 Å². The number of nitrogens with one attached hydrogen (secondary N) is 1. The van der Waals surface area contributed by atoms with Crippen LogP contribution in [-0.4, -0.2) is 43.8 Å². The van der Waals surface area contributed by atoms with E-state index in [2.05, 4.69) is 5.32 Å². The van der Waals surface area contributed by atoms with Crippen molar-refractivity contribution in [2.24, 2.45) is 0 Å². The molecule has 1 fully saturated rings. The van der Waals surface area contributed by atoms with E-state index in [-0.39, 0.29) is 17.4 Å². The third-order valence-electron chi connectivity index (χ3n) is 4.24. The van der Waals surface area contributed by atoms with E-state index in [1.807, 2.05) is 0 Å². The summed E-state index contributed by atoms with van der Waals surface area (Å²) in [6.45, 7) is 4.01. The minimum atomic E-state index is -3.79. The van der Waals surface area contributed by atoms with Gasteiger partial charge in [-0.05, 0) is 50.5 Å². The summed E-state index contributed by atoms with van der Waals surface area (Å²) in [5.41, 5.74) is 0.697. The van der Waals surface area contributed by atoms with E-state index in [0.29, 0.717) is 32.6 Å².